The number of piperidine rings is 1. The summed E-state index contributed by atoms with van der Waals surface area (Å²) < 4.78 is 0. The van der Waals surface area contributed by atoms with Gasteiger partial charge in [0, 0.05) is 12.1 Å². The highest BCUT2D eigenvalue weighted by molar-refractivity contribution is 4.98. The topological polar surface area (TPSA) is 58.3 Å². The van der Waals surface area contributed by atoms with Gasteiger partial charge in [0.05, 0.1) is 5.60 Å². The molecule has 94 valence electrons. The molecular weight excluding hydrogens is 200 g/mol. The van der Waals surface area contributed by atoms with Gasteiger partial charge in [-0.25, -0.2) is 0 Å². The molecule has 16 heavy (non-hydrogen) atoms. The Bertz CT molecular complexity index is 224. The minimum absolute atomic E-state index is 0.304. The van der Waals surface area contributed by atoms with E-state index < -0.39 is 5.60 Å². The van der Waals surface area contributed by atoms with Crippen molar-refractivity contribution in [1.29, 1.82) is 0 Å². The number of nitrogens with one attached hydrogen (secondary N) is 1. The Morgan fingerprint density at radius 2 is 2.00 bits per heavy atom. The minimum Gasteiger partial charge on any atom is -0.388 e. The molecule has 1 saturated carbocycles. The van der Waals surface area contributed by atoms with Gasteiger partial charge in [-0.3, -0.25) is 0 Å². The summed E-state index contributed by atoms with van der Waals surface area (Å²) in [6.45, 7) is 3.32. The van der Waals surface area contributed by atoms with E-state index >= 15 is 0 Å². The number of aliphatic hydroxyl groups is 1. The highest BCUT2D eigenvalue weighted by Gasteiger charge is 2.41. The Hall–Kier alpha value is -0.120. The zero-order valence-corrected chi connectivity index (χ0v) is 10.4. The van der Waals surface area contributed by atoms with Crippen LogP contribution in [0.5, 0.6) is 0 Å². The predicted molar refractivity (Wildman–Crippen MR) is 66.2 cm³/mol. The molecule has 2 aliphatic rings. The molecule has 2 unspecified atom stereocenters. The van der Waals surface area contributed by atoms with Gasteiger partial charge in [0.1, 0.15) is 0 Å². The summed E-state index contributed by atoms with van der Waals surface area (Å²) in [6, 6.07) is 0.615. The van der Waals surface area contributed by atoms with Crippen LogP contribution < -0.4 is 11.1 Å². The van der Waals surface area contributed by atoms with Crippen molar-refractivity contribution in [2.75, 3.05) is 6.54 Å². The second-order valence-corrected chi connectivity index (χ2v) is 5.75. The first-order valence-electron chi connectivity index (χ1n) is 6.85. The predicted octanol–water partition coefficient (Wildman–Crippen LogP) is 1.40. The van der Waals surface area contributed by atoms with Crippen LogP contribution in [0.4, 0.5) is 0 Å². The molecule has 2 rings (SSSR count). The Kier molecular flexibility index (Phi) is 3.88. The van der Waals surface area contributed by atoms with Crippen LogP contribution in [-0.2, 0) is 0 Å². The van der Waals surface area contributed by atoms with Crippen LogP contribution in [0, 0.1) is 5.92 Å². The number of hydrogen-bond acceptors (Lipinski definition) is 3. The van der Waals surface area contributed by atoms with Crippen molar-refractivity contribution in [3.63, 3.8) is 0 Å². The summed E-state index contributed by atoms with van der Waals surface area (Å²) in [5, 5.41) is 14.2. The summed E-state index contributed by atoms with van der Waals surface area (Å²) in [5.41, 5.74) is 5.42. The van der Waals surface area contributed by atoms with Gasteiger partial charge in [-0.1, -0.05) is 13.3 Å². The molecule has 0 bridgehead atoms. The molecule has 1 aliphatic carbocycles. The van der Waals surface area contributed by atoms with Gasteiger partial charge in [-0.2, -0.15) is 0 Å². The standard InChI is InChI=1S/C13H26N2O/c1-2-10-5-8-15-12(9-10)13(16)6-3-11(14)4-7-13/h10-12,15-16H,2-9,14H2,1H3. The maximum atomic E-state index is 10.7. The van der Waals surface area contributed by atoms with Gasteiger partial charge in [0.25, 0.3) is 0 Å². The van der Waals surface area contributed by atoms with Crippen molar-refractivity contribution in [2.24, 2.45) is 11.7 Å². The third-order valence-electron chi connectivity index (χ3n) is 4.63. The third-order valence-corrected chi connectivity index (χ3v) is 4.63. The molecule has 3 heteroatoms. The van der Waals surface area contributed by atoms with E-state index in [2.05, 4.69) is 12.2 Å². The molecule has 0 aromatic carbocycles. The average molecular weight is 226 g/mol. The molecule has 2 fully saturated rings. The van der Waals surface area contributed by atoms with Crippen LogP contribution in [0.3, 0.4) is 0 Å². The number of nitrogens with two attached hydrogens (primary N) is 1. The van der Waals surface area contributed by atoms with Crippen LogP contribution in [0.2, 0.25) is 0 Å². The quantitative estimate of drug-likeness (QED) is 0.667. The van der Waals surface area contributed by atoms with E-state index in [-0.39, 0.29) is 0 Å². The lowest BCUT2D eigenvalue weighted by Gasteiger charge is -2.44. The SMILES string of the molecule is CCC1CCNC(C2(O)CCC(N)CC2)C1. The van der Waals surface area contributed by atoms with Gasteiger partial charge < -0.3 is 16.2 Å². The maximum Gasteiger partial charge on any atom is 0.0801 e. The highest BCUT2D eigenvalue weighted by Crippen LogP contribution is 2.35. The fourth-order valence-corrected chi connectivity index (χ4v) is 3.26. The second kappa shape index (κ2) is 5.03. The first-order valence-corrected chi connectivity index (χ1v) is 6.85. The lowest BCUT2D eigenvalue weighted by molar-refractivity contribution is -0.0468. The van der Waals surface area contributed by atoms with Crippen molar-refractivity contribution in [1.82, 2.24) is 5.32 Å². The molecule has 0 spiro atoms. The van der Waals surface area contributed by atoms with Crippen molar-refractivity contribution in [2.45, 2.75) is 69.6 Å². The van der Waals surface area contributed by atoms with E-state index in [0.29, 0.717) is 12.1 Å². The molecule has 1 aliphatic heterocycles. The van der Waals surface area contributed by atoms with E-state index in [0.717, 1.165) is 44.6 Å². The zero-order chi connectivity index (χ0) is 11.6. The van der Waals surface area contributed by atoms with Crippen LogP contribution in [0.1, 0.15) is 51.9 Å². The van der Waals surface area contributed by atoms with Crippen molar-refractivity contribution in [3.8, 4) is 0 Å². The first-order chi connectivity index (χ1) is 7.64. The van der Waals surface area contributed by atoms with Crippen LogP contribution in [-0.4, -0.2) is 29.3 Å². The van der Waals surface area contributed by atoms with Gasteiger partial charge in [-0.15, -0.1) is 0 Å². The van der Waals surface area contributed by atoms with Gasteiger partial charge in [-0.05, 0) is 51.0 Å². The smallest absolute Gasteiger partial charge is 0.0801 e. The Balaban J connectivity index is 1.94. The molecule has 0 aromatic heterocycles. The van der Waals surface area contributed by atoms with Crippen molar-refractivity contribution < 1.29 is 5.11 Å². The third kappa shape index (κ3) is 2.58. The fourth-order valence-electron chi connectivity index (χ4n) is 3.26. The van der Waals surface area contributed by atoms with E-state index in [4.69, 9.17) is 5.73 Å². The van der Waals surface area contributed by atoms with Gasteiger partial charge >= 0.3 is 0 Å². The molecule has 3 nitrogen and oxygen atoms in total. The Labute approximate surface area is 98.8 Å². The fraction of sp³-hybridized carbons (Fsp3) is 1.00. The number of hydrogen-bond donors (Lipinski definition) is 3. The van der Waals surface area contributed by atoms with Gasteiger partial charge in [0.15, 0.2) is 0 Å². The molecule has 4 N–H and O–H groups in total. The van der Waals surface area contributed by atoms with Gasteiger partial charge in [0.2, 0.25) is 0 Å². The number of rotatable bonds is 2. The molecule has 0 aromatic rings. The highest BCUT2D eigenvalue weighted by atomic mass is 16.3. The second-order valence-electron chi connectivity index (χ2n) is 5.75. The van der Waals surface area contributed by atoms with E-state index in [9.17, 15) is 5.11 Å². The van der Waals surface area contributed by atoms with E-state index in [1.165, 1.54) is 12.8 Å². The molecule has 1 saturated heterocycles. The van der Waals surface area contributed by atoms with Crippen LogP contribution in [0.25, 0.3) is 0 Å². The van der Waals surface area contributed by atoms with Crippen molar-refractivity contribution in [3.05, 3.63) is 0 Å². The normalized spacial score (nSPS) is 45.6. The molecular formula is C13H26N2O. The first kappa shape index (κ1) is 12.3. The molecule has 0 amide bonds. The van der Waals surface area contributed by atoms with Crippen LogP contribution >= 0.6 is 0 Å². The largest absolute Gasteiger partial charge is 0.388 e. The summed E-state index contributed by atoms with van der Waals surface area (Å²) in [4.78, 5) is 0. The summed E-state index contributed by atoms with van der Waals surface area (Å²) in [7, 11) is 0. The zero-order valence-electron chi connectivity index (χ0n) is 10.4. The maximum absolute atomic E-state index is 10.7. The molecule has 0 radical (unpaired) electrons. The van der Waals surface area contributed by atoms with Crippen molar-refractivity contribution >= 4 is 0 Å². The van der Waals surface area contributed by atoms with Crippen LogP contribution in [0.15, 0.2) is 0 Å². The van der Waals surface area contributed by atoms with E-state index in [1.54, 1.807) is 0 Å². The lowest BCUT2D eigenvalue weighted by atomic mass is 9.73. The summed E-state index contributed by atoms with van der Waals surface area (Å²) >= 11 is 0. The molecule has 2 atom stereocenters. The Morgan fingerprint density at radius 3 is 2.62 bits per heavy atom. The van der Waals surface area contributed by atoms with E-state index in [1.807, 2.05) is 0 Å². The lowest BCUT2D eigenvalue weighted by Crippen LogP contribution is -2.56. The Morgan fingerprint density at radius 1 is 1.31 bits per heavy atom. The summed E-state index contributed by atoms with van der Waals surface area (Å²) in [6.07, 6.45) is 7.36. The average Bonchev–Trinajstić information content (AvgIpc) is 2.33. The molecule has 1 heterocycles. The minimum atomic E-state index is -0.482. The summed E-state index contributed by atoms with van der Waals surface area (Å²) in [5.74, 6) is 0.797. The monoisotopic (exact) mass is 226 g/mol.